The lowest BCUT2D eigenvalue weighted by atomic mass is 10.0. The van der Waals surface area contributed by atoms with Gasteiger partial charge in [-0.15, -0.1) is 0 Å². The zero-order valence-corrected chi connectivity index (χ0v) is 10.1. The highest BCUT2D eigenvalue weighted by Gasteiger charge is 2.36. The molecule has 0 aliphatic rings. The van der Waals surface area contributed by atoms with Crippen molar-refractivity contribution in [2.45, 2.75) is 12.6 Å². The molecule has 0 amide bonds. The first kappa shape index (κ1) is 13.9. The van der Waals surface area contributed by atoms with Gasteiger partial charge in [-0.2, -0.15) is 18.4 Å². The highest BCUT2D eigenvalue weighted by atomic mass is 19.4. The predicted molar refractivity (Wildman–Crippen MR) is 64.9 cm³/mol. The average molecular weight is 278 g/mol. The summed E-state index contributed by atoms with van der Waals surface area (Å²) in [5.74, 6) is -0.857. The van der Waals surface area contributed by atoms with Gasteiger partial charge in [0.15, 0.2) is 5.69 Å². The SMILES string of the molecule is N#Cc1ccc(Cc2ccnc(C(F)(F)F)c2O)cc1. The van der Waals surface area contributed by atoms with Gasteiger partial charge in [-0.05, 0) is 23.8 Å². The Morgan fingerprint density at radius 3 is 2.35 bits per heavy atom. The molecule has 0 aliphatic carbocycles. The van der Waals surface area contributed by atoms with E-state index in [0.29, 0.717) is 11.1 Å². The van der Waals surface area contributed by atoms with Crippen LogP contribution in [0, 0.1) is 11.3 Å². The Morgan fingerprint density at radius 2 is 1.80 bits per heavy atom. The Hall–Kier alpha value is -2.55. The van der Waals surface area contributed by atoms with Gasteiger partial charge in [0.05, 0.1) is 11.6 Å². The molecule has 0 radical (unpaired) electrons. The molecule has 1 aromatic heterocycles. The molecule has 0 saturated carbocycles. The Kier molecular flexibility index (Phi) is 3.61. The van der Waals surface area contributed by atoms with Crippen LogP contribution in [0.15, 0.2) is 36.5 Å². The zero-order valence-electron chi connectivity index (χ0n) is 10.1. The fraction of sp³-hybridized carbons (Fsp3) is 0.143. The van der Waals surface area contributed by atoms with Crippen LogP contribution in [0.2, 0.25) is 0 Å². The number of benzene rings is 1. The van der Waals surface area contributed by atoms with Crippen molar-refractivity contribution in [3.05, 3.63) is 58.9 Å². The minimum atomic E-state index is -4.69. The normalized spacial score (nSPS) is 11.1. The Labute approximate surface area is 112 Å². The first-order valence-electron chi connectivity index (χ1n) is 5.65. The minimum Gasteiger partial charge on any atom is -0.505 e. The number of pyridine rings is 1. The number of aromatic nitrogens is 1. The minimum absolute atomic E-state index is 0.128. The topological polar surface area (TPSA) is 56.9 Å². The molecular weight excluding hydrogens is 269 g/mol. The van der Waals surface area contributed by atoms with E-state index in [9.17, 15) is 18.3 Å². The van der Waals surface area contributed by atoms with Crippen LogP contribution in [0.25, 0.3) is 0 Å². The van der Waals surface area contributed by atoms with E-state index >= 15 is 0 Å². The average Bonchev–Trinajstić information content (AvgIpc) is 2.40. The van der Waals surface area contributed by atoms with Crippen LogP contribution in [-0.2, 0) is 12.6 Å². The lowest BCUT2D eigenvalue weighted by Gasteiger charge is -2.11. The van der Waals surface area contributed by atoms with E-state index in [2.05, 4.69) is 4.98 Å². The molecule has 2 aromatic rings. The van der Waals surface area contributed by atoms with E-state index in [1.807, 2.05) is 6.07 Å². The Morgan fingerprint density at radius 1 is 1.15 bits per heavy atom. The van der Waals surface area contributed by atoms with Gasteiger partial charge in [0.1, 0.15) is 5.75 Å². The summed E-state index contributed by atoms with van der Waals surface area (Å²) in [5.41, 5.74) is 0.00276. The molecule has 0 bridgehead atoms. The third-order valence-electron chi connectivity index (χ3n) is 2.75. The van der Waals surface area contributed by atoms with Crippen LogP contribution in [0.4, 0.5) is 13.2 Å². The molecule has 0 aliphatic heterocycles. The fourth-order valence-electron chi connectivity index (χ4n) is 1.76. The lowest BCUT2D eigenvalue weighted by Crippen LogP contribution is -2.09. The molecule has 0 atom stereocenters. The highest BCUT2D eigenvalue weighted by Crippen LogP contribution is 2.36. The molecule has 20 heavy (non-hydrogen) atoms. The van der Waals surface area contributed by atoms with Crippen molar-refractivity contribution in [1.29, 1.82) is 5.26 Å². The van der Waals surface area contributed by atoms with Crippen molar-refractivity contribution in [2.75, 3.05) is 0 Å². The predicted octanol–water partition coefficient (Wildman–Crippen LogP) is 3.27. The van der Waals surface area contributed by atoms with Crippen molar-refractivity contribution in [3.63, 3.8) is 0 Å². The number of aromatic hydroxyl groups is 1. The van der Waals surface area contributed by atoms with E-state index in [4.69, 9.17) is 5.26 Å². The van der Waals surface area contributed by atoms with Gasteiger partial charge in [0.2, 0.25) is 0 Å². The maximum Gasteiger partial charge on any atom is 0.437 e. The summed E-state index contributed by atoms with van der Waals surface area (Å²) < 4.78 is 37.8. The lowest BCUT2D eigenvalue weighted by molar-refractivity contribution is -0.142. The van der Waals surface area contributed by atoms with Crippen molar-refractivity contribution in [1.82, 2.24) is 4.98 Å². The maximum atomic E-state index is 12.6. The third-order valence-corrected chi connectivity index (χ3v) is 2.75. The number of nitrogens with zero attached hydrogens (tertiary/aromatic N) is 2. The van der Waals surface area contributed by atoms with E-state index < -0.39 is 17.6 Å². The number of hydrogen-bond donors (Lipinski definition) is 1. The van der Waals surface area contributed by atoms with Crippen molar-refractivity contribution in [3.8, 4) is 11.8 Å². The molecular formula is C14H9F3N2O. The van der Waals surface area contributed by atoms with E-state index in [1.165, 1.54) is 6.07 Å². The van der Waals surface area contributed by atoms with Crippen molar-refractivity contribution < 1.29 is 18.3 Å². The van der Waals surface area contributed by atoms with Gasteiger partial charge in [-0.25, -0.2) is 4.98 Å². The van der Waals surface area contributed by atoms with Crippen LogP contribution >= 0.6 is 0 Å². The van der Waals surface area contributed by atoms with Crippen LogP contribution in [-0.4, -0.2) is 10.1 Å². The largest absolute Gasteiger partial charge is 0.505 e. The number of hydrogen-bond acceptors (Lipinski definition) is 3. The first-order chi connectivity index (χ1) is 9.41. The van der Waals surface area contributed by atoms with Gasteiger partial charge in [0, 0.05) is 18.2 Å². The van der Waals surface area contributed by atoms with E-state index in [1.54, 1.807) is 24.3 Å². The molecule has 6 heteroatoms. The van der Waals surface area contributed by atoms with Crippen molar-refractivity contribution >= 4 is 0 Å². The molecule has 1 heterocycles. The van der Waals surface area contributed by atoms with Gasteiger partial charge < -0.3 is 5.11 Å². The second-order valence-electron chi connectivity index (χ2n) is 4.15. The fourth-order valence-corrected chi connectivity index (χ4v) is 1.76. The first-order valence-corrected chi connectivity index (χ1v) is 5.65. The molecule has 2 rings (SSSR count). The number of alkyl halides is 3. The highest BCUT2D eigenvalue weighted by molar-refractivity contribution is 5.41. The summed E-state index contributed by atoms with van der Waals surface area (Å²) in [5, 5.41) is 18.3. The number of halogens is 3. The van der Waals surface area contributed by atoms with Crippen molar-refractivity contribution in [2.24, 2.45) is 0 Å². The van der Waals surface area contributed by atoms with E-state index in [0.717, 1.165) is 6.20 Å². The monoisotopic (exact) mass is 278 g/mol. The second-order valence-corrected chi connectivity index (χ2v) is 4.15. The standard InChI is InChI=1S/C14H9F3N2O/c15-14(16,17)13-12(20)11(5-6-19-13)7-9-1-3-10(8-18)4-2-9/h1-6,20H,7H2. The summed E-state index contributed by atoms with van der Waals surface area (Å²) in [4.78, 5) is 3.16. The summed E-state index contributed by atoms with van der Waals surface area (Å²) >= 11 is 0. The molecule has 0 saturated heterocycles. The van der Waals surface area contributed by atoms with Gasteiger partial charge in [0.25, 0.3) is 0 Å². The summed E-state index contributed by atoms with van der Waals surface area (Å²) in [6.07, 6.45) is -3.55. The maximum absolute atomic E-state index is 12.6. The Balaban J connectivity index is 2.32. The number of nitriles is 1. The Bertz CT molecular complexity index is 658. The van der Waals surface area contributed by atoms with E-state index in [-0.39, 0.29) is 12.0 Å². The zero-order chi connectivity index (χ0) is 14.8. The quantitative estimate of drug-likeness (QED) is 0.917. The van der Waals surface area contributed by atoms with Crippen LogP contribution in [0.5, 0.6) is 5.75 Å². The van der Waals surface area contributed by atoms with Crippen LogP contribution in [0.3, 0.4) is 0 Å². The molecule has 0 unspecified atom stereocenters. The molecule has 1 aromatic carbocycles. The molecule has 0 spiro atoms. The molecule has 3 nitrogen and oxygen atoms in total. The summed E-state index contributed by atoms with van der Waals surface area (Å²) in [6.45, 7) is 0. The summed E-state index contributed by atoms with van der Waals surface area (Å²) in [6, 6.07) is 9.68. The molecule has 102 valence electrons. The molecule has 0 fully saturated rings. The molecule has 1 N–H and O–H groups in total. The smallest absolute Gasteiger partial charge is 0.437 e. The third kappa shape index (κ3) is 2.88. The van der Waals surface area contributed by atoms with Crippen LogP contribution in [0.1, 0.15) is 22.4 Å². The van der Waals surface area contributed by atoms with Crippen LogP contribution < -0.4 is 0 Å². The second kappa shape index (κ2) is 5.21. The number of rotatable bonds is 2. The van der Waals surface area contributed by atoms with Gasteiger partial charge in [-0.1, -0.05) is 12.1 Å². The van der Waals surface area contributed by atoms with Gasteiger partial charge >= 0.3 is 6.18 Å². The summed E-state index contributed by atoms with van der Waals surface area (Å²) in [7, 11) is 0. The van der Waals surface area contributed by atoms with Gasteiger partial charge in [-0.3, -0.25) is 0 Å².